The molecule has 0 saturated heterocycles. The number of ether oxygens (including phenoxy) is 1. The predicted octanol–water partition coefficient (Wildman–Crippen LogP) is 9.94. The molecule has 10 rings (SSSR count). The summed E-state index contributed by atoms with van der Waals surface area (Å²) in [6.45, 7) is 16.4. The first-order valence-corrected chi connectivity index (χ1v) is 19.8. The average Bonchev–Trinajstić information content (AvgIpc) is 3.73. The largest absolute Gasteiger partial charge is 0.510 e. The molecule has 0 unspecified atom stereocenters. The molecule has 5 nitrogen and oxygen atoms in total. The second-order valence-corrected chi connectivity index (χ2v) is 17.0. The van der Waals surface area contributed by atoms with Crippen molar-refractivity contribution in [1.82, 2.24) is 14.1 Å². The number of aromatic nitrogens is 4. The monoisotopic (exact) mass is 933 g/mol. The van der Waals surface area contributed by atoms with E-state index in [1.165, 1.54) is 44.1 Å². The van der Waals surface area contributed by atoms with Gasteiger partial charge in [0.25, 0.3) is 6.33 Å². The molecule has 4 heterocycles. The van der Waals surface area contributed by atoms with Crippen LogP contribution >= 0.6 is 0 Å². The smallest absolute Gasteiger partial charge is 0.268 e. The van der Waals surface area contributed by atoms with Crippen LogP contribution < -0.4 is 20.2 Å². The summed E-state index contributed by atoms with van der Waals surface area (Å²) in [5.74, 6) is 2.16. The zero-order valence-corrected chi connectivity index (χ0v) is 36.1. The molecule has 9 aromatic rings. The van der Waals surface area contributed by atoms with Crippen molar-refractivity contribution < 1.29 is 30.4 Å². The Bertz CT molecular complexity index is 3030. The van der Waals surface area contributed by atoms with Gasteiger partial charge in [-0.3, -0.25) is 4.57 Å². The van der Waals surface area contributed by atoms with E-state index < -0.39 is 0 Å². The third kappa shape index (κ3) is 5.87. The third-order valence-electron chi connectivity index (χ3n) is 12.0. The van der Waals surface area contributed by atoms with Crippen LogP contribution in [0.5, 0.6) is 11.5 Å². The van der Waals surface area contributed by atoms with Crippen LogP contribution in [0.15, 0.2) is 134 Å². The molecular weight excluding hydrogens is 890 g/mol. The fraction of sp³-hybridized carbons (Fsp3) is 0.176. The molecule has 1 aliphatic heterocycles. The van der Waals surface area contributed by atoms with Gasteiger partial charge in [-0.2, -0.15) is 18.2 Å². The second-order valence-electron chi connectivity index (χ2n) is 17.0. The summed E-state index contributed by atoms with van der Waals surface area (Å²) in [7, 11) is 0. The molecule has 0 saturated carbocycles. The minimum absolute atomic E-state index is 0. The molecule has 0 fully saturated rings. The van der Waals surface area contributed by atoms with Crippen LogP contribution in [0.1, 0.15) is 56.9 Å². The van der Waals surface area contributed by atoms with Crippen molar-refractivity contribution in [3.05, 3.63) is 174 Å². The number of aryl methyl sites for hydroxylation is 2. The Morgan fingerprint density at radius 2 is 1.43 bits per heavy atom. The first kappa shape index (κ1) is 37.8. The van der Waals surface area contributed by atoms with Crippen molar-refractivity contribution in [2.45, 2.75) is 59.2 Å². The minimum Gasteiger partial charge on any atom is -0.510 e. The fourth-order valence-electron chi connectivity index (χ4n) is 9.47. The normalized spacial score (nSPS) is 13.4. The van der Waals surface area contributed by atoms with Crippen LogP contribution in [0, 0.1) is 32.3 Å². The van der Waals surface area contributed by atoms with E-state index in [2.05, 4.69) is 161 Å². The van der Waals surface area contributed by atoms with Gasteiger partial charge in [-0.25, -0.2) is 4.98 Å². The second kappa shape index (κ2) is 14.0. The Kier molecular flexibility index (Phi) is 9.13. The standard InChI is InChI=1S/C51H43BN4O.Pt/c1-33-16-13-17-34(2)47(33)52-42-23-15-22-40-39-27-26-38(31-45(39)56(48(40)42)49-46(51(52,6)7)41(28-29-53-49)50(3,4)5)57-37-21-14-20-36(30-37)55-32-54(35-18-9-8-10-19-35)43-24-11-12-25-44(43)55;/h8-29H,1-7H3;/q-2;. The van der Waals surface area contributed by atoms with E-state index in [0.717, 1.165) is 39.1 Å². The van der Waals surface area contributed by atoms with E-state index in [9.17, 15) is 0 Å². The molecule has 0 N–H and O–H groups in total. The van der Waals surface area contributed by atoms with Gasteiger partial charge in [0, 0.05) is 44.3 Å². The SMILES string of the molecule is Cc1cccc(C)c1B1c2cccc3c4ccc(Oc5[c-]c(-n6[c-][n+](-c7ccccc7)c7ccccc76)ccc5)[c-]c4n(c23)-c2nccc(C(C)(C)C)c2C1(C)C.[Pt]. The van der Waals surface area contributed by atoms with Crippen LogP contribution in [0.4, 0.5) is 0 Å². The fourth-order valence-corrected chi connectivity index (χ4v) is 9.47. The number of benzene rings is 6. The molecular formula is C51H43BN4OPt-2. The number of nitrogens with zero attached hydrogens (tertiary/aromatic N) is 4. The summed E-state index contributed by atoms with van der Waals surface area (Å²) in [6, 6.07) is 51.9. The maximum atomic E-state index is 6.68. The van der Waals surface area contributed by atoms with Gasteiger partial charge < -0.3 is 13.9 Å². The Morgan fingerprint density at radius 3 is 2.21 bits per heavy atom. The van der Waals surface area contributed by atoms with E-state index in [1.54, 1.807) is 0 Å². The van der Waals surface area contributed by atoms with Gasteiger partial charge in [0.1, 0.15) is 5.82 Å². The van der Waals surface area contributed by atoms with E-state index in [4.69, 9.17) is 9.72 Å². The van der Waals surface area contributed by atoms with Gasteiger partial charge in [0.15, 0.2) is 0 Å². The number of para-hydroxylation sites is 4. The molecule has 0 aliphatic carbocycles. The maximum absolute atomic E-state index is 6.68. The number of hydrogen-bond acceptors (Lipinski definition) is 2. The van der Waals surface area contributed by atoms with E-state index in [-0.39, 0.29) is 38.5 Å². The number of imidazole rings is 1. The Labute approximate surface area is 355 Å². The molecule has 7 heteroatoms. The molecule has 0 radical (unpaired) electrons. The Morgan fingerprint density at radius 1 is 0.724 bits per heavy atom. The van der Waals surface area contributed by atoms with Gasteiger partial charge in [-0.1, -0.05) is 141 Å². The predicted molar refractivity (Wildman–Crippen MR) is 233 cm³/mol. The summed E-state index contributed by atoms with van der Waals surface area (Å²) in [5.41, 5.74) is 13.8. The number of rotatable bonds is 5. The van der Waals surface area contributed by atoms with E-state index >= 15 is 0 Å². The number of fused-ring (bicyclic) bond motifs is 6. The van der Waals surface area contributed by atoms with Gasteiger partial charge in [-0.15, -0.1) is 29.7 Å². The maximum Gasteiger partial charge on any atom is 0.268 e. The molecule has 0 atom stereocenters. The van der Waals surface area contributed by atoms with Crippen LogP contribution in [-0.2, 0) is 31.8 Å². The van der Waals surface area contributed by atoms with E-state index in [1.807, 2.05) is 53.2 Å². The van der Waals surface area contributed by atoms with Crippen molar-refractivity contribution in [3.8, 4) is 28.7 Å². The van der Waals surface area contributed by atoms with Crippen LogP contribution in [0.3, 0.4) is 0 Å². The molecule has 0 spiro atoms. The van der Waals surface area contributed by atoms with Crippen molar-refractivity contribution in [1.29, 1.82) is 0 Å². The number of hydrogen-bond donors (Lipinski definition) is 0. The molecule has 1 aliphatic rings. The Balaban J connectivity index is 0.00000436. The molecule has 0 bridgehead atoms. The molecule has 3 aromatic heterocycles. The Hall–Kier alpha value is -5.71. The average molecular weight is 934 g/mol. The summed E-state index contributed by atoms with van der Waals surface area (Å²) < 4.78 is 13.2. The summed E-state index contributed by atoms with van der Waals surface area (Å²) >= 11 is 0. The van der Waals surface area contributed by atoms with Crippen molar-refractivity contribution in [2.75, 3.05) is 0 Å². The van der Waals surface area contributed by atoms with Gasteiger partial charge in [-0.05, 0) is 65.0 Å². The van der Waals surface area contributed by atoms with Crippen molar-refractivity contribution in [3.63, 3.8) is 0 Å². The minimum atomic E-state index is -0.315. The molecule has 0 amide bonds. The van der Waals surface area contributed by atoms with Crippen molar-refractivity contribution >= 4 is 50.5 Å². The zero-order chi connectivity index (χ0) is 39.2. The number of pyridine rings is 1. The topological polar surface area (TPSA) is 35.9 Å². The molecule has 288 valence electrons. The first-order chi connectivity index (χ1) is 27.5. The quantitative estimate of drug-likeness (QED) is 0.0980. The molecule has 58 heavy (non-hydrogen) atoms. The summed E-state index contributed by atoms with van der Waals surface area (Å²) in [4.78, 5) is 5.26. The van der Waals surface area contributed by atoms with Crippen LogP contribution in [-0.4, -0.2) is 20.8 Å². The summed E-state index contributed by atoms with van der Waals surface area (Å²) in [5, 5.41) is 1.98. The zero-order valence-electron chi connectivity index (χ0n) is 33.8. The summed E-state index contributed by atoms with van der Waals surface area (Å²) in [6.07, 6.45) is 5.55. The third-order valence-corrected chi connectivity index (χ3v) is 12.0. The van der Waals surface area contributed by atoms with Crippen LogP contribution in [0.2, 0.25) is 0 Å². The molecule has 6 aromatic carbocycles. The van der Waals surface area contributed by atoms with Gasteiger partial charge in [0.2, 0.25) is 6.71 Å². The first-order valence-electron chi connectivity index (χ1n) is 19.8. The van der Waals surface area contributed by atoms with Crippen molar-refractivity contribution in [2.24, 2.45) is 0 Å². The van der Waals surface area contributed by atoms with Gasteiger partial charge in [0.05, 0.1) is 16.7 Å². The van der Waals surface area contributed by atoms with Crippen LogP contribution in [0.25, 0.3) is 50.0 Å². The van der Waals surface area contributed by atoms with Gasteiger partial charge >= 0.3 is 0 Å². The van der Waals surface area contributed by atoms with E-state index in [0.29, 0.717) is 11.5 Å².